The van der Waals surface area contributed by atoms with Gasteiger partial charge in [0.15, 0.2) is 0 Å². The number of nitrogens with two attached hydrogens (primary N) is 1. The van der Waals surface area contributed by atoms with E-state index in [-0.39, 0.29) is 0 Å². The molecule has 0 unspecified atom stereocenters. The molecule has 1 heterocycles. The summed E-state index contributed by atoms with van der Waals surface area (Å²) in [4.78, 5) is 0. The second kappa shape index (κ2) is 5.84. The Morgan fingerprint density at radius 2 is 2.43 bits per heavy atom. The van der Waals surface area contributed by atoms with Gasteiger partial charge in [-0.2, -0.15) is 5.10 Å². The van der Waals surface area contributed by atoms with E-state index in [4.69, 9.17) is 10.9 Å². The fourth-order valence-electron chi connectivity index (χ4n) is 1.09. The molecule has 1 aromatic rings. The van der Waals surface area contributed by atoms with Crippen LogP contribution in [0.4, 0.5) is 0 Å². The summed E-state index contributed by atoms with van der Waals surface area (Å²) in [6, 6.07) is 0. The Bertz CT molecular complexity index is 310. The van der Waals surface area contributed by atoms with Crippen molar-refractivity contribution in [3.63, 3.8) is 0 Å². The molecule has 1 rings (SSSR count). The van der Waals surface area contributed by atoms with Crippen LogP contribution in [0.2, 0.25) is 0 Å². The Balaban J connectivity index is 2.16. The number of nitrogens with zero attached hydrogens (tertiary/aromatic N) is 3. The molecule has 78 valence electrons. The molecule has 0 saturated carbocycles. The lowest BCUT2D eigenvalue weighted by atomic mass is 10.2. The largest absolute Gasteiger partial charge is 0.409 e. The van der Waals surface area contributed by atoms with E-state index in [0.29, 0.717) is 12.3 Å². The number of aromatic nitrogens is 2. The third kappa shape index (κ3) is 3.95. The molecule has 0 bridgehead atoms. The van der Waals surface area contributed by atoms with Crippen LogP contribution in [0, 0.1) is 3.57 Å². The molecular formula is C8H13IN4O. The van der Waals surface area contributed by atoms with Crippen molar-refractivity contribution in [2.24, 2.45) is 10.9 Å². The van der Waals surface area contributed by atoms with Gasteiger partial charge >= 0.3 is 0 Å². The van der Waals surface area contributed by atoms with Gasteiger partial charge in [-0.15, -0.1) is 0 Å². The fourth-order valence-corrected chi connectivity index (χ4v) is 1.54. The van der Waals surface area contributed by atoms with Crippen LogP contribution in [0.5, 0.6) is 0 Å². The van der Waals surface area contributed by atoms with Gasteiger partial charge in [0.2, 0.25) is 0 Å². The van der Waals surface area contributed by atoms with Crippen molar-refractivity contribution in [3.05, 3.63) is 16.0 Å². The Morgan fingerprint density at radius 3 is 3.00 bits per heavy atom. The number of oxime groups is 1. The van der Waals surface area contributed by atoms with Gasteiger partial charge in [0.1, 0.15) is 5.84 Å². The zero-order valence-electron chi connectivity index (χ0n) is 7.73. The van der Waals surface area contributed by atoms with Crippen molar-refractivity contribution in [3.8, 4) is 0 Å². The van der Waals surface area contributed by atoms with Gasteiger partial charge < -0.3 is 10.9 Å². The van der Waals surface area contributed by atoms with Crippen LogP contribution in [0.25, 0.3) is 0 Å². The van der Waals surface area contributed by atoms with E-state index in [1.807, 2.05) is 17.1 Å². The van der Waals surface area contributed by atoms with Gasteiger partial charge in [0, 0.05) is 19.2 Å². The number of halogens is 1. The number of amidine groups is 1. The second-order valence-corrected chi connectivity index (χ2v) is 4.22. The molecular weight excluding hydrogens is 295 g/mol. The molecule has 0 spiro atoms. The van der Waals surface area contributed by atoms with Gasteiger partial charge in [0.25, 0.3) is 0 Å². The maximum absolute atomic E-state index is 8.30. The fraction of sp³-hybridized carbons (Fsp3) is 0.500. The molecule has 0 atom stereocenters. The lowest BCUT2D eigenvalue weighted by Crippen LogP contribution is -2.11. The minimum atomic E-state index is 0.292. The quantitative estimate of drug-likeness (QED) is 0.216. The molecule has 0 aliphatic heterocycles. The van der Waals surface area contributed by atoms with Crippen LogP contribution < -0.4 is 5.73 Å². The summed E-state index contributed by atoms with van der Waals surface area (Å²) < 4.78 is 3.03. The summed E-state index contributed by atoms with van der Waals surface area (Å²) in [5.74, 6) is 0.292. The van der Waals surface area contributed by atoms with Crippen LogP contribution >= 0.6 is 22.6 Å². The smallest absolute Gasteiger partial charge is 0.139 e. The van der Waals surface area contributed by atoms with Crippen molar-refractivity contribution in [2.45, 2.75) is 25.8 Å². The van der Waals surface area contributed by atoms with Crippen LogP contribution in [0.1, 0.15) is 19.3 Å². The molecule has 14 heavy (non-hydrogen) atoms. The lowest BCUT2D eigenvalue weighted by Gasteiger charge is -2.00. The third-order valence-electron chi connectivity index (χ3n) is 1.80. The maximum atomic E-state index is 8.30. The topological polar surface area (TPSA) is 76.4 Å². The Labute approximate surface area is 96.1 Å². The zero-order valence-corrected chi connectivity index (χ0v) is 9.88. The molecule has 0 aliphatic rings. The van der Waals surface area contributed by atoms with Crippen molar-refractivity contribution < 1.29 is 5.21 Å². The van der Waals surface area contributed by atoms with Crippen LogP contribution in [0.15, 0.2) is 17.5 Å². The van der Waals surface area contributed by atoms with E-state index in [1.54, 1.807) is 0 Å². The number of unbranched alkanes of at least 4 members (excludes halogenated alkanes) is 1. The van der Waals surface area contributed by atoms with Crippen LogP contribution in [0.3, 0.4) is 0 Å². The third-order valence-corrected chi connectivity index (χ3v) is 2.36. The van der Waals surface area contributed by atoms with Gasteiger partial charge in [-0.25, -0.2) is 0 Å². The molecule has 5 nitrogen and oxygen atoms in total. The first-order valence-electron chi connectivity index (χ1n) is 4.36. The molecule has 0 aliphatic carbocycles. The predicted molar refractivity (Wildman–Crippen MR) is 62.2 cm³/mol. The first-order chi connectivity index (χ1) is 6.72. The average molecular weight is 308 g/mol. The van der Waals surface area contributed by atoms with E-state index < -0.39 is 0 Å². The van der Waals surface area contributed by atoms with Crippen molar-refractivity contribution in [2.75, 3.05) is 0 Å². The highest BCUT2D eigenvalue weighted by Gasteiger charge is 1.96. The molecule has 0 radical (unpaired) electrons. The van der Waals surface area contributed by atoms with Gasteiger partial charge in [0.05, 0.1) is 9.77 Å². The monoisotopic (exact) mass is 308 g/mol. The molecule has 3 N–H and O–H groups in total. The highest BCUT2D eigenvalue weighted by molar-refractivity contribution is 14.1. The summed E-state index contributed by atoms with van der Waals surface area (Å²) in [5, 5.41) is 15.4. The Kier molecular flexibility index (Phi) is 4.71. The van der Waals surface area contributed by atoms with Crippen LogP contribution in [-0.4, -0.2) is 20.8 Å². The Hall–Kier alpha value is -0.790. The van der Waals surface area contributed by atoms with Crippen molar-refractivity contribution in [1.29, 1.82) is 0 Å². The zero-order chi connectivity index (χ0) is 10.4. The van der Waals surface area contributed by atoms with Gasteiger partial charge in [-0.1, -0.05) is 5.16 Å². The number of rotatable bonds is 5. The van der Waals surface area contributed by atoms with Crippen molar-refractivity contribution in [1.82, 2.24) is 9.78 Å². The average Bonchev–Trinajstić information content (AvgIpc) is 2.58. The van der Waals surface area contributed by atoms with E-state index >= 15 is 0 Å². The number of hydrogen-bond acceptors (Lipinski definition) is 3. The van der Waals surface area contributed by atoms with Crippen molar-refractivity contribution >= 4 is 28.4 Å². The summed E-state index contributed by atoms with van der Waals surface area (Å²) in [6.07, 6.45) is 6.34. The van der Waals surface area contributed by atoms with E-state index in [2.05, 4.69) is 32.8 Å². The molecule has 0 saturated heterocycles. The predicted octanol–water partition coefficient (Wildman–Crippen LogP) is 1.40. The molecule has 1 aromatic heterocycles. The minimum absolute atomic E-state index is 0.292. The lowest BCUT2D eigenvalue weighted by molar-refractivity contribution is 0.316. The summed E-state index contributed by atoms with van der Waals surface area (Å²) in [6.45, 7) is 0.877. The SMILES string of the molecule is NC(CCCCn1cc(I)cn1)=NO. The summed E-state index contributed by atoms with van der Waals surface area (Å²) in [5.41, 5.74) is 5.33. The molecule has 6 heteroatoms. The number of aryl methyl sites for hydroxylation is 1. The summed E-state index contributed by atoms with van der Waals surface area (Å²) in [7, 11) is 0. The van der Waals surface area contributed by atoms with Gasteiger partial charge in [-0.05, 0) is 35.4 Å². The van der Waals surface area contributed by atoms with E-state index in [9.17, 15) is 0 Å². The highest BCUT2D eigenvalue weighted by atomic mass is 127. The normalized spacial score (nSPS) is 11.9. The van der Waals surface area contributed by atoms with Crippen LogP contribution in [-0.2, 0) is 6.54 Å². The Morgan fingerprint density at radius 1 is 1.64 bits per heavy atom. The van der Waals surface area contributed by atoms with Gasteiger partial charge in [-0.3, -0.25) is 4.68 Å². The standard InChI is InChI=1S/C8H13IN4O/c9-7-5-11-13(6-7)4-2-1-3-8(10)12-14/h5-6,14H,1-4H2,(H2,10,12). The molecule has 0 amide bonds. The summed E-state index contributed by atoms with van der Waals surface area (Å²) >= 11 is 2.22. The molecule has 0 fully saturated rings. The first-order valence-corrected chi connectivity index (χ1v) is 5.44. The first kappa shape index (κ1) is 11.3. The highest BCUT2D eigenvalue weighted by Crippen LogP contribution is 2.03. The maximum Gasteiger partial charge on any atom is 0.139 e. The number of hydrogen-bond donors (Lipinski definition) is 2. The minimum Gasteiger partial charge on any atom is -0.409 e. The molecule has 0 aromatic carbocycles. The van der Waals surface area contributed by atoms with E-state index in [1.165, 1.54) is 0 Å². The second-order valence-electron chi connectivity index (χ2n) is 2.97. The van der Waals surface area contributed by atoms with E-state index in [0.717, 1.165) is 23.0 Å².